The van der Waals surface area contributed by atoms with Crippen LogP contribution in [0.25, 0.3) is 11.3 Å². The summed E-state index contributed by atoms with van der Waals surface area (Å²) in [5.41, 5.74) is 2.47. The van der Waals surface area contributed by atoms with Crippen LogP contribution in [0.4, 0.5) is 0 Å². The minimum atomic E-state index is -0.0629. The Morgan fingerprint density at radius 2 is 2.00 bits per heavy atom. The highest BCUT2D eigenvalue weighted by atomic mass is 16.1. The van der Waals surface area contributed by atoms with Crippen LogP contribution in [0, 0.1) is 0 Å². The molecule has 0 radical (unpaired) electrons. The number of carbonyl (C=O) groups is 1. The van der Waals surface area contributed by atoms with Crippen LogP contribution >= 0.6 is 0 Å². The van der Waals surface area contributed by atoms with Crippen LogP contribution in [-0.4, -0.2) is 17.4 Å². The van der Waals surface area contributed by atoms with Gasteiger partial charge in [-0.05, 0) is 19.1 Å². The molecule has 17 heavy (non-hydrogen) atoms. The third-order valence-electron chi connectivity index (χ3n) is 2.43. The van der Waals surface area contributed by atoms with Crippen LogP contribution in [0.1, 0.15) is 17.3 Å². The quantitative estimate of drug-likeness (QED) is 0.873. The Kier molecular flexibility index (Phi) is 3.50. The maximum atomic E-state index is 11.7. The van der Waals surface area contributed by atoms with Gasteiger partial charge in [0, 0.05) is 23.9 Å². The van der Waals surface area contributed by atoms with E-state index >= 15 is 0 Å². The molecular weight excluding hydrogens is 212 g/mol. The highest BCUT2D eigenvalue weighted by Crippen LogP contribution is 2.16. The van der Waals surface area contributed by atoms with Crippen molar-refractivity contribution in [3.05, 3.63) is 54.2 Å². The molecule has 0 atom stereocenters. The van der Waals surface area contributed by atoms with Crippen LogP contribution in [0.15, 0.2) is 48.7 Å². The van der Waals surface area contributed by atoms with E-state index in [4.69, 9.17) is 0 Å². The van der Waals surface area contributed by atoms with Crippen molar-refractivity contribution in [3.8, 4) is 11.3 Å². The van der Waals surface area contributed by atoms with Crippen LogP contribution in [0.2, 0.25) is 0 Å². The fourth-order valence-corrected chi connectivity index (χ4v) is 1.60. The van der Waals surface area contributed by atoms with Gasteiger partial charge in [0.2, 0.25) is 0 Å². The summed E-state index contributed by atoms with van der Waals surface area (Å²) >= 11 is 0. The zero-order valence-electron chi connectivity index (χ0n) is 9.68. The fourth-order valence-electron chi connectivity index (χ4n) is 1.60. The number of pyridine rings is 1. The van der Waals surface area contributed by atoms with Crippen molar-refractivity contribution in [2.45, 2.75) is 6.92 Å². The molecule has 1 N–H and O–H groups in total. The summed E-state index contributed by atoms with van der Waals surface area (Å²) in [5, 5.41) is 2.77. The maximum absolute atomic E-state index is 11.7. The summed E-state index contributed by atoms with van der Waals surface area (Å²) in [5.74, 6) is -0.0629. The van der Waals surface area contributed by atoms with Crippen LogP contribution in [0.5, 0.6) is 0 Å². The number of hydrogen-bond donors (Lipinski definition) is 1. The van der Waals surface area contributed by atoms with E-state index in [-0.39, 0.29) is 5.91 Å². The van der Waals surface area contributed by atoms with E-state index in [1.165, 1.54) is 0 Å². The lowest BCUT2D eigenvalue weighted by molar-refractivity contribution is 0.0956. The molecule has 0 aliphatic heterocycles. The van der Waals surface area contributed by atoms with E-state index < -0.39 is 0 Å². The first-order valence-corrected chi connectivity index (χ1v) is 5.61. The Hall–Kier alpha value is -2.16. The minimum absolute atomic E-state index is 0.0629. The zero-order chi connectivity index (χ0) is 12.1. The highest BCUT2D eigenvalue weighted by molar-refractivity contribution is 5.95. The largest absolute Gasteiger partial charge is 0.352 e. The molecule has 3 nitrogen and oxygen atoms in total. The van der Waals surface area contributed by atoms with Gasteiger partial charge in [0.25, 0.3) is 5.91 Å². The molecule has 2 aromatic rings. The van der Waals surface area contributed by atoms with Gasteiger partial charge in [-0.15, -0.1) is 0 Å². The summed E-state index contributed by atoms with van der Waals surface area (Å²) in [6, 6.07) is 13.3. The number of nitrogens with one attached hydrogen (secondary N) is 1. The molecule has 86 valence electrons. The van der Waals surface area contributed by atoms with E-state index in [0.717, 1.165) is 11.3 Å². The van der Waals surface area contributed by atoms with Crippen LogP contribution < -0.4 is 5.32 Å². The van der Waals surface area contributed by atoms with Gasteiger partial charge in [-0.1, -0.05) is 30.3 Å². The van der Waals surface area contributed by atoms with Crippen molar-refractivity contribution in [1.29, 1.82) is 0 Å². The number of carbonyl (C=O) groups excluding carboxylic acids is 1. The number of hydrogen-bond acceptors (Lipinski definition) is 2. The van der Waals surface area contributed by atoms with Crippen molar-refractivity contribution < 1.29 is 4.79 Å². The molecule has 1 heterocycles. The number of amides is 1. The number of rotatable bonds is 3. The molecule has 1 aromatic heterocycles. The van der Waals surface area contributed by atoms with E-state index in [9.17, 15) is 4.79 Å². The van der Waals surface area contributed by atoms with Crippen LogP contribution in [0.3, 0.4) is 0 Å². The van der Waals surface area contributed by atoms with Gasteiger partial charge in [0.05, 0.1) is 5.69 Å². The molecule has 0 aliphatic carbocycles. The zero-order valence-corrected chi connectivity index (χ0v) is 9.68. The number of aromatic nitrogens is 1. The van der Waals surface area contributed by atoms with Gasteiger partial charge < -0.3 is 5.32 Å². The molecular formula is C14H14N2O. The van der Waals surface area contributed by atoms with Crippen molar-refractivity contribution in [2.24, 2.45) is 0 Å². The van der Waals surface area contributed by atoms with Gasteiger partial charge in [-0.3, -0.25) is 9.78 Å². The molecule has 0 fully saturated rings. The molecule has 2 rings (SSSR count). The first-order valence-electron chi connectivity index (χ1n) is 5.61. The monoisotopic (exact) mass is 226 g/mol. The van der Waals surface area contributed by atoms with Gasteiger partial charge in [0.1, 0.15) is 0 Å². The van der Waals surface area contributed by atoms with Gasteiger partial charge in [-0.25, -0.2) is 0 Å². The van der Waals surface area contributed by atoms with E-state index in [1.54, 1.807) is 18.3 Å². The average molecular weight is 226 g/mol. The average Bonchev–Trinajstić information content (AvgIpc) is 2.40. The topological polar surface area (TPSA) is 42.0 Å². The Labute approximate surface area is 101 Å². The van der Waals surface area contributed by atoms with Crippen molar-refractivity contribution in [2.75, 3.05) is 6.54 Å². The maximum Gasteiger partial charge on any atom is 0.251 e. The second kappa shape index (κ2) is 5.25. The Bertz CT molecular complexity index is 509. The molecule has 0 saturated heterocycles. The van der Waals surface area contributed by atoms with E-state index in [2.05, 4.69) is 10.3 Å². The second-order valence-corrected chi connectivity index (χ2v) is 3.66. The predicted octanol–water partition coefficient (Wildman–Crippen LogP) is 2.50. The standard InChI is InChI=1S/C14H14N2O/c1-2-15-14(17)12-8-9-16-13(10-12)11-6-4-3-5-7-11/h3-10H,2H2,1H3,(H,15,17). The molecule has 1 aromatic carbocycles. The molecule has 3 heteroatoms. The van der Waals surface area contributed by atoms with Crippen LogP contribution in [-0.2, 0) is 0 Å². The Balaban J connectivity index is 2.32. The first-order chi connectivity index (χ1) is 8.31. The summed E-state index contributed by atoms with van der Waals surface area (Å²) in [7, 11) is 0. The third-order valence-corrected chi connectivity index (χ3v) is 2.43. The molecule has 0 spiro atoms. The Morgan fingerprint density at radius 3 is 2.71 bits per heavy atom. The summed E-state index contributed by atoms with van der Waals surface area (Å²) < 4.78 is 0. The second-order valence-electron chi connectivity index (χ2n) is 3.66. The minimum Gasteiger partial charge on any atom is -0.352 e. The van der Waals surface area contributed by atoms with Gasteiger partial charge in [-0.2, -0.15) is 0 Å². The first kappa shape index (κ1) is 11.3. The molecule has 0 bridgehead atoms. The van der Waals surface area contributed by atoms with E-state index in [1.807, 2.05) is 37.3 Å². The van der Waals surface area contributed by atoms with Gasteiger partial charge >= 0.3 is 0 Å². The summed E-state index contributed by atoms with van der Waals surface area (Å²) in [4.78, 5) is 16.0. The molecule has 0 aliphatic rings. The SMILES string of the molecule is CCNC(=O)c1ccnc(-c2ccccc2)c1. The normalized spacial score (nSPS) is 9.94. The number of benzene rings is 1. The summed E-state index contributed by atoms with van der Waals surface area (Å²) in [6.07, 6.45) is 1.66. The fraction of sp³-hybridized carbons (Fsp3) is 0.143. The molecule has 1 amide bonds. The van der Waals surface area contributed by atoms with Crippen molar-refractivity contribution >= 4 is 5.91 Å². The Morgan fingerprint density at radius 1 is 1.24 bits per heavy atom. The van der Waals surface area contributed by atoms with Crippen molar-refractivity contribution in [1.82, 2.24) is 10.3 Å². The van der Waals surface area contributed by atoms with Gasteiger partial charge in [0.15, 0.2) is 0 Å². The lowest BCUT2D eigenvalue weighted by Gasteiger charge is -2.04. The van der Waals surface area contributed by atoms with Crippen molar-refractivity contribution in [3.63, 3.8) is 0 Å². The highest BCUT2D eigenvalue weighted by Gasteiger charge is 2.06. The number of nitrogens with zero attached hydrogens (tertiary/aromatic N) is 1. The predicted molar refractivity (Wildman–Crippen MR) is 67.7 cm³/mol. The van der Waals surface area contributed by atoms with E-state index in [0.29, 0.717) is 12.1 Å². The lowest BCUT2D eigenvalue weighted by Crippen LogP contribution is -2.22. The smallest absolute Gasteiger partial charge is 0.251 e. The molecule has 0 saturated carbocycles. The molecule has 0 unspecified atom stereocenters. The summed E-state index contributed by atoms with van der Waals surface area (Å²) in [6.45, 7) is 2.53. The lowest BCUT2D eigenvalue weighted by atomic mass is 10.1. The third kappa shape index (κ3) is 2.69.